The van der Waals surface area contributed by atoms with Crippen LogP contribution in [0.1, 0.15) is 73.6 Å². The van der Waals surface area contributed by atoms with Crippen LogP contribution in [-0.4, -0.2) is 42.6 Å². The number of amides is 1. The second kappa shape index (κ2) is 10.8. The molecule has 0 aliphatic heterocycles. The number of H-pyrrole nitrogens is 1. The van der Waals surface area contributed by atoms with Crippen LogP contribution < -0.4 is 21.1 Å². The molecular formula is C29H35FN4O4. The van der Waals surface area contributed by atoms with E-state index in [0.29, 0.717) is 33.5 Å². The molecule has 1 saturated carbocycles. The van der Waals surface area contributed by atoms with Crippen molar-refractivity contribution in [3.8, 4) is 0 Å². The van der Waals surface area contributed by atoms with Gasteiger partial charge in [0.2, 0.25) is 0 Å². The summed E-state index contributed by atoms with van der Waals surface area (Å²) in [6.45, 7) is 5.42. The molecule has 38 heavy (non-hydrogen) atoms. The van der Waals surface area contributed by atoms with Gasteiger partial charge >= 0.3 is 5.97 Å². The predicted molar refractivity (Wildman–Crippen MR) is 149 cm³/mol. The van der Waals surface area contributed by atoms with Crippen LogP contribution in [0.25, 0.3) is 10.9 Å². The highest BCUT2D eigenvalue weighted by Gasteiger charge is 2.25. The third-order valence-electron chi connectivity index (χ3n) is 6.81. The minimum absolute atomic E-state index is 0.146. The number of aromatic amines is 1. The van der Waals surface area contributed by atoms with Gasteiger partial charge < -0.3 is 25.3 Å². The molecule has 0 radical (unpaired) electrons. The van der Waals surface area contributed by atoms with E-state index < -0.39 is 28.9 Å². The van der Waals surface area contributed by atoms with Crippen LogP contribution in [0.2, 0.25) is 0 Å². The van der Waals surface area contributed by atoms with Crippen molar-refractivity contribution >= 4 is 39.8 Å². The summed E-state index contributed by atoms with van der Waals surface area (Å²) in [5, 5.41) is 6.09. The van der Waals surface area contributed by atoms with Gasteiger partial charge in [-0.25, -0.2) is 9.18 Å². The Balaban J connectivity index is 1.71. The van der Waals surface area contributed by atoms with Gasteiger partial charge in [0.05, 0.1) is 28.1 Å². The van der Waals surface area contributed by atoms with Gasteiger partial charge in [-0.2, -0.15) is 0 Å². The van der Waals surface area contributed by atoms with Crippen molar-refractivity contribution < 1.29 is 18.7 Å². The molecule has 1 aromatic heterocycles. The number of nitrogens with one attached hydrogen (secondary N) is 3. The fourth-order valence-electron chi connectivity index (χ4n) is 4.90. The summed E-state index contributed by atoms with van der Waals surface area (Å²) >= 11 is 0. The Labute approximate surface area is 221 Å². The van der Waals surface area contributed by atoms with Crippen molar-refractivity contribution in [1.29, 1.82) is 0 Å². The van der Waals surface area contributed by atoms with Gasteiger partial charge in [0.15, 0.2) is 0 Å². The smallest absolute Gasteiger partial charge is 0.338 e. The normalized spacial score (nSPS) is 14.3. The van der Waals surface area contributed by atoms with Crippen LogP contribution in [0.4, 0.5) is 21.5 Å². The number of hydrogen-bond acceptors (Lipinski definition) is 6. The Morgan fingerprint density at radius 1 is 1.05 bits per heavy atom. The number of ether oxygens (including phenoxy) is 1. The second-order valence-corrected chi connectivity index (χ2v) is 10.8. The Bertz CT molecular complexity index is 1420. The monoisotopic (exact) mass is 522 g/mol. The second-order valence-electron chi connectivity index (χ2n) is 10.8. The highest BCUT2D eigenvalue weighted by atomic mass is 19.1. The zero-order valence-corrected chi connectivity index (χ0v) is 22.5. The number of halogens is 1. The molecule has 0 spiro atoms. The molecule has 9 heteroatoms. The van der Waals surface area contributed by atoms with Gasteiger partial charge in [0.1, 0.15) is 17.0 Å². The van der Waals surface area contributed by atoms with Gasteiger partial charge in [-0.1, -0.05) is 19.3 Å². The molecule has 3 aromatic rings. The van der Waals surface area contributed by atoms with E-state index in [4.69, 9.17) is 4.74 Å². The highest BCUT2D eigenvalue weighted by molar-refractivity contribution is 6.08. The lowest BCUT2D eigenvalue weighted by Crippen LogP contribution is -2.34. The summed E-state index contributed by atoms with van der Waals surface area (Å²) in [7, 11) is 3.57. The zero-order chi connectivity index (χ0) is 27.6. The Morgan fingerprint density at radius 2 is 1.76 bits per heavy atom. The minimum Gasteiger partial charge on any atom is -0.456 e. The molecule has 2 aromatic carbocycles. The average molecular weight is 523 g/mol. The molecule has 4 rings (SSSR count). The number of nitrogens with zero attached hydrogens (tertiary/aromatic N) is 1. The van der Waals surface area contributed by atoms with Gasteiger partial charge in [-0.3, -0.25) is 9.59 Å². The summed E-state index contributed by atoms with van der Waals surface area (Å²) in [6.07, 6.45) is 5.42. The first kappa shape index (κ1) is 27.2. The first-order valence-corrected chi connectivity index (χ1v) is 12.9. The summed E-state index contributed by atoms with van der Waals surface area (Å²) in [5.74, 6) is -1.58. The number of carbonyl (C=O) groups excluding carboxylic acids is 2. The summed E-state index contributed by atoms with van der Waals surface area (Å²) in [5.41, 5.74) is 0.934. The Kier molecular flexibility index (Phi) is 7.76. The first-order valence-electron chi connectivity index (χ1n) is 12.9. The SMILES string of the molecule is CNc1cc(F)cc2cc(C(=O)Nc3ccc(C(=O)OC(C)(C)C)cc3N(C)C3CCCCC3)c(=O)[nH]c12. The van der Waals surface area contributed by atoms with Crippen LogP contribution >= 0.6 is 0 Å². The molecule has 0 unspecified atom stereocenters. The molecule has 0 atom stereocenters. The van der Waals surface area contributed by atoms with Gasteiger partial charge in [0.25, 0.3) is 11.5 Å². The molecule has 0 saturated heterocycles. The molecule has 3 N–H and O–H groups in total. The standard InChI is InChI=1S/C29H35FN4O4/c1-29(2,3)38-28(37)17-11-12-22(24(15-17)34(5)20-9-7-6-8-10-20)32-26(35)21-14-18-13-19(30)16-23(31-4)25(18)33-27(21)36/h11-16,20,31H,6-10H2,1-5H3,(H,32,35)(H,33,36). The number of carbonyl (C=O) groups is 2. The lowest BCUT2D eigenvalue weighted by atomic mass is 9.94. The van der Waals surface area contributed by atoms with E-state index >= 15 is 0 Å². The van der Waals surface area contributed by atoms with E-state index in [0.717, 1.165) is 25.7 Å². The van der Waals surface area contributed by atoms with E-state index in [1.54, 1.807) is 46.0 Å². The van der Waals surface area contributed by atoms with Crippen molar-refractivity contribution in [2.75, 3.05) is 29.6 Å². The number of anilines is 3. The van der Waals surface area contributed by atoms with E-state index in [-0.39, 0.29) is 11.6 Å². The van der Waals surface area contributed by atoms with Crippen LogP contribution in [0.5, 0.6) is 0 Å². The molecule has 1 fully saturated rings. The molecule has 1 heterocycles. The lowest BCUT2D eigenvalue weighted by molar-refractivity contribution is 0.00695. The maximum atomic E-state index is 14.1. The van der Waals surface area contributed by atoms with E-state index in [1.807, 2.05) is 7.05 Å². The number of fused-ring (bicyclic) bond motifs is 1. The third kappa shape index (κ3) is 5.98. The van der Waals surface area contributed by atoms with Crippen LogP contribution in [0.15, 0.2) is 41.2 Å². The third-order valence-corrected chi connectivity index (χ3v) is 6.81. The molecule has 1 amide bonds. The predicted octanol–water partition coefficient (Wildman–Crippen LogP) is 5.69. The van der Waals surface area contributed by atoms with Crippen LogP contribution in [-0.2, 0) is 4.74 Å². The van der Waals surface area contributed by atoms with Gasteiger partial charge in [-0.05, 0) is 70.0 Å². The topological polar surface area (TPSA) is 104 Å². The average Bonchev–Trinajstić information content (AvgIpc) is 2.87. The maximum absolute atomic E-state index is 14.1. The number of hydrogen-bond donors (Lipinski definition) is 3. The van der Waals surface area contributed by atoms with E-state index in [2.05, 4.69) is 20.5 Å². The summed E-state index contributed by atoms with van der Waals surface area (Å²) in [6, 6.07) is 9.14. The number of aromatic nitrogens is 1. The Hall–Kier alpha value is -3.88. The van der Waals surface area contributed by atoms with Crippen molar-refractivity contribution in [3.63, 3.8) is 0 Å². The molecule has 0 bridgehead atoms. The summed E-state index contributed by atoms with van der Waals surface area (Å²) in [4.78, 5) is 43.8. The maximum Gasteiger partial charge on any atom is 0.338 e. The molecule has 1 aliphatic rings. The van der Waals surface area contributed by atoms with Crippen LogP contribution in [0, 0.1) is 5.82 Å². The zero-order valence-electron chi connectivity index (χ0n) is 22.5. The molecule has 1 aliphatic carbocycles. The first-order chi connectivity index (χ1) is 18.0. The molecule has 202 valence electrons. The van der Waals surface area contributed by atoms with Crippen molar-refractivity contribution in [1.82, 2.24) is 4.98 Å². The fourth-order valence-corrected chi connectivity index (χ4v) is 4.90. The number of benzene rings is 2. The molecule has 8 nitrogen and oxygen atoms in total. The number of rotatable bonds is 6. The van der Waals surface area contributed by atoms with E-state index in [1.165, 1.54) is 24.6 Å². The van der Waals surface area contributed by atoms with Crippen molar-refractivity contribution in [2.24, 2.45) is 0 Å². The minimum atomic E-state index is -0.650. The van der Waals surface area contributed by atoms with Gasteiger partial charge in [0, 0.05) is 25.5 Å². The van der Waals surface area contributed by atoms with Gasteiger partial charge in [-0.15, -0.1) is 0 Å². The largest absolute Gasteiger partial charge is 0.456 e. The highest BCUT2D eigenvalue weighted by Crippen LogP contribution is 2.33. The molecular weight excluding hydrogens is 487 g/mol. The van der Waals surface area contributed by atoms with Crippen molar-refractivity contribution in [3.05, 3.63) is 63.7 Å². The Morgan fingerprint density at radius 3 is 2.42 bits per heavy atom. The lowest BCUT2D eigenvalue weighted by Gasteiger charge is -2.34. The summed E-state index contributed by atoms with van der Waals surface area (Å²) < 4.78 is 19.7. The quantitative estimate of drug-likeness (QED) is 0.360. The van der Waals surface area contributed by atoms with Crippen LogP contribution in [0.3, 0.4) is 0 Å². The van der Waals surface area contributed by atoms with E-state index in [9.17, 15) is 18.8 Å². The number of pyridine rings is 1. The van der Waals surface area contributed by atoms with Crippen molar-refractivity contribution in [2.45, 2.75) is 64.5 Å². The fraction of sp³-hybridized carbons (Fsp3) is 0.414. The number of esters is 1.